The van der Waals surface area contributed by atoms with Crippen molar-refractivity contribution in [3.63, 3.8) is 0 Å². The van der Waals surface area contributed by atoms with Crippen LogP contribution in [-0.2, 0) is 0 Å². The molecule has 1 aromatic heterocycles. The molecule has 1 nitrogen and oxygen atoms in total. The molecular weight excluding hydrogens is 544 g/mol. The molecule has 0 amide bonds. The lowest BCUT2D eigenvalue weighted by Gasteiger charge is -2.20. The zero-order valence-corrected chi connectivity index (χ0v) is 24.0. The summed E-state index contributed by atoms with van der Waals surface area (Å²) in [5, 5.41) is 2.07. The Kier molecular flexibility index (Phi) is 4.30. The van der Waals surface area contributed by atoms with E-state index in [-0.39, 0.29) is 51.3 Å². The minimum Gasteiger partial charge on any atom is -0.456 e. The first-order chi connectivity index (χ1) is 25.7. The van der Waals surface area contributed by atoms with Crippen molar-refractivity contribution < 1.29 is 15.4 Å². The van der Waals surface area contributed by atoms with Gasteiger partial charge in [0.2, 0.25) is 0 Å². The van der Waals surface area contributed by atoms with E-state index in [0.29, 0.717) is 33.2 Å². The van der Waals surface area contributed by atoms with E-state index in [1.54, 1.807) is 0 Å². The van der Waals surface area contributed by atoms with Crippen LogP contribution in [0.2, 0.25) is 0 Å². The van der Waals surface area contributed by atoms with Crippen LogP contribution in [0.1, 0.15) is 11.0 Å². The molecule has 0 aliphatic heterocycles. The van der Waals surface area contributed by atoms with E-state index in [2.05, 4.69) is 0 Å². The van der Waals surface area contributed by atoms with Crippen molar-refractivity contribution in [2.24, 2.45) is 0 Å². The number of furan rings is 1. The number of fused-ring (bicyclic) bond motifs is 5. The van der Waals surface area contributed by atoms with Crippen LogP contribution >= 0.6 is 0 Å². The molecular formula is C44H28O. The monoisotopic (exact) mass is 580 g/mol. The Labute approximate surface area is 272 Å². The van der Waals surface area contributed by atoms with E-state index in [4.69, 9.17) is 9.90 Å². The van der Waals surface area contributed by atoms with E-state index in [0.717, 1.165) is 27.6 Å². The van der Waals surface area contributed by atoms with Crippen LogP contribution in [0, 0.1) is 0 Å². The predicted molar refractivity (Wildman–Crippen MR) is 190 cm³/mol. The minimum atomic E-state index is -0.446. The molecule has 0 bridgehead atoms. The summed E-state index contributed by atoms with van der Waals surface area (Å²) in [5.41, 5.74) is 6.08. The van der Waals surface area contributed by atoms with Gasteiger partial charge < -0.3 is 4.42 Å². The quantitative estimate of drug-likeness (QED) is 0.189. The maximum absolute atomic E-state index is 9.53. The van der Waals surface area contributed by atoms with E-state index >= 15 is 0 Å². The van der Waals surface area contributed by atoms with E-state index in [1.807, 2.05) is 121 Å². The summed E-state index contributed by atoms with van der Waals surface area (Å²) in [6.45, 7) is 0. The summed E-state index contributed by atoms with van der Waals surface area (Å²) in [5.74, 6) is 0. The highest BCUT2D eigenvalue weighted by molar-refractivity contribution is 6.26. The average molecular weight is 581 g/mol. The van der Waals surface area contributed by atoms with Crippen LogP contribution in [-0.4, -0.2) is 0 Å². The van der Waals surface area contributed by atoms with Gasteiger partial charge in [0.15, 0.2) is 0 Å². The first-order valence-electron chi connectivity index (χ1n) is 18.8. The fourth-order valence-corrected chi connectivity index (χ4v) is 6.58. The fourth-order valence-electron chi connectivity index (χ4n) is 6.58. The van der Waals surface area contributed by atoms with Gasteiger partial charge in [-0.05, 0) is 84.3 Å². The predicted octanol–water partition coefficient (Wildman–Crippen LogP) is 12.6. The molecule has 8 aromatic carbocycles. The Hall–Kier alpha value is -5.92. The lowest BCUT2D eigenvalue weighted by atomic mass is 9.82. The van der Waals surface area contributed by atoms with Crippen LogP contribution in [0.25, 0.3) is 88.0 Å². The maximum Gasteiger partial charge on any atom is 0.136 e. The second kappa shape index (κ2) is 10.4. The standard InChI is InChI=1S/C44H28O/c1-3-15-29(16-4-1)31-27-39(44-38-25-13-14-26-40(38)45-41(44)28-31)43-36-23-11-9-21-34(36)42(35-22-10-12-24-37(35)43)33-20-8-7-19-32(33)30-17-5-2-6-18-30/h1-28H/i9D,10D,11D,12D,21D,22D,23D,24D. The number of benzene rings is 8. The molecule has 0 unspecified atom stereocenters. The van der Waals surface area contributed by atoms with Gasteiger partial charge in [0, 0.05) is 10.8 Å². The van der Waals surface area contributed by atoms with Gasteiger partial charge in [0.25, 0.3) is 0 Å². The van der Waals surface area contributed by atoms with Gasteiger partial charge in [0.1, 0.15) is 11.2 Å². The number of para-hydroxylation sites is 1. The molecule has 9 rings (SSSR count). The maximum atomic E-state index is 9.53. The Morgan fingerprint density at radius 2 is 0.889 bits per heavy atom. The first-order valence-corrected chi connectivity index (χ1v) is 14.8. The highest BCUT2D eigenvalue weighted by Gasteiger charge is 2.22. The molecule has 210 valence electrons. The van der Waals surface area contributed by atoms with Crippen LogP contribution in [0.3, 0.4) is 0 Å². The summed E-state index contributed by atoms with van der Waals surface area (Å²) < 4.78 is 80.2. The Morgan fingerprint density at radius 1 is 0.378 bits per heavy atom. The molecule has 0 saturated heterocycles. The molecule has 45 heavy (non-hydrogen) atoms. The Balaban J connectivity index is 1.61. The highest BCUT2D eigenvalue weighted by Crippen LogP contribution is 2.49. The van der Waals surface area contributed by atoms with Crippen molar-refractivity contribution >= 4 is 43.5 Å². The van der Waals surface area contributed by atoms with Gasteiger partial charge in [-0.25, -0.2) is 0 Å². The molecule has 1 heterocycles. The topological polar surface area (TPSA) is 13.1 Å². The third-order valence-corrected chi connectivity index (χ3v) is 8.51. The van der Waals surface area contributed by atoms with E-state index in [1.165, 1.54) is 0 Å². The zero-order valence-electron chi connectivity index (χ0n) is 32.0. The van der Waals surface area contributed by atoms with Gasteiger partial charge in [-0.2, -0.15) is 0 Å². The largest absolute Gasteiger partial charge is 0.456 e. The number of hydrogen-bond acceptors (Lipinski definition) is 1. The van der Waals surface area contributed by atoms with E-state index in [9.17, 15) is 5.48 Å². The van der Waals surface area contributed by atoms with Crippen molar-refractivity contribution in [1.29, 1.82) is 0 Å². The normalized spacial score (nSPS) is 14.0. The SMILES string of the molecule is [2H]c1c([2H])c([2H])c2c(-c3cc(-c4ccccc4)cc4oc5ccccc5c34)c3c([2H])c([2H])c([2H])c([2H])c3c(-c3ccccc3-c3ccccc3)c2c1[2H]. The molecule has 1 heteroatoms. The van der Waals surface area contributed by atoms with Crippen molar-refractivity contribution in [3.8, 4) is 44.5 Å². The Morgan fingerprint density at radius 3 is 1.53 bits per heavy atom. The summed E-state index contributed by atoms with van der Waals surface area (Å²) >= 11 is 0. The smallest absolute Gasteiger partial charge is 0.136 e. The number of rotatable bonds is 4. The summed E-state index contributed by atoms with van der Waals surface area (Å²) in [6.07, 6.45) is 0. The second-order valence-electron chi connectivity index (χ2n) is 11.0. The third-order valence-electron chi connectivity index (χ3n) is 8.51. The summed E-state index contributed by atoms with van der Waals surface area (Å²) in [4.78, 5) is 0. The van der Waals surface area contributed by atoms with Gasteiger partial charge in [-0.3, -0.25) is 0 Å². The second-order valence-corrected chi connectivity index (χ2v) is 11.0. The number of hydrogen-bond donors (Lipinski definition) is 0. The first kappa shape index (κ1) is 18.7. The minimum absolute atomic E-state index is 0.156. The fraction of sp³-hybridized carbons (Fsp3) is 0. The molecule has 9 aromatic rings. The molecule has 0 spiro atoms. The molecule has 0 aliphatic rings. The van der Waals surface area contributed by atoms with Gasteiger partial charge in [-0.15, -0.1) is 0 Å². The molecule has 0 saturated carbocycles. The molecule has 0 atom stereocenters. The molecule has 0 fully saturated rings. The van der Waals surface area contributed by atoms with Gasteiger partial charge >= 0.3 is 0 Å². The highest BCUT2D eigenvalue weighted by atomic mass is 16.3. The molecule has 0 aliphatic carbocycles. The van der Waals surface area contributed by atoms with Crippen LogP contribution in [0.15, 0.2) is 174 Å². The van der Waals surface area contributed by atoms with Gasteiger partial charge in [-0.1, -0.05) is 151 Å². The van der Waals surface area contributed by atoms with Crippen molar-refractivity contribution in [3.05, 3.63) is 170 Å². The summed E-state index contributed by atoms with van der Waals surface area (Å²) in [6, 6.07) is 35.2. The van der Waals surface area contributed by atoms with E-state index < -0.39 is 24.2 Å². The van der Waals surface area contributed by atoms with Crippen LogP contribution in [0.4, 0.5) is 0 Å². The molecule has 0 radical (unpaired) electrons. The van der Waals surface area contributed by atoms with Crippen molar-refractivity contribution in [2.45, 2.75) is 0 Å². The van der Waals surface area contributed by atoms with Crippen LogP contribution in [0.5, 0.6) is 0 Å². The zero-order chi connectivity index (χ0) is 36.7. The lowest BCUT2D eigenvalue weighted by molar-refractivity contribution is 0.669. The Bertz CT molecular complexity index is 2890. The molecule has 0 N–H and O–H groups in total. The van der Waals surface area contributed by atoms with Crippen molar-refractivity contribution in [1.82, 2.24) is 0 Å². The van der Waals surface area contributed by atoms with Crippen LogP contribution < -0.4 is 0 Å². The third kappa shape index (κ3) is 4.09. The average Bonchev–Trinajstić information content (AvgIpc) is 3.58. The summed E-state index contributed by atoms with van der Waals surface area (Å²) in [7, 11) is 0. The van der Waals surface area contributed by atoms with Gasteiger partial charge in [0.05, 0.1) is 11.0 Å². The lowest BCUT2D eigenvalue weighted by Crippen LogP contribution is -1.93. The van der Waals surface area contributed by atoms with Crippen molar-refractivity contribution in [2.75, 3.05) is 0 Å².